The predicted octanol–water partition coefficient (Wildman–Crippen LogP) is 2.29. The van der Waals surface area contributed by atoms with Gasteiger partial charge in [-0.05, 0) is 29.0 Å². The van der Waals surface area contributed by atoms with E-state index in [0.717, 1.165) is 27.8 Å². The maximum Gasteiger partial charge on any atom is 0.493 e. The van der Waals surface area contributed by atoms with Crippen molar-refractivity contribution in [1.29, 1.82) is 0 Å². The molecule has 2 aromatic rings. The number of hydrogen-bond acceptors (Lipinski definition) is 2. The minimum absolute atomic E-state index is 0.0605. The Morgan fingerprint density at radius 2 is 2.06 bits per heavy atom. The second kappa shape index (κ2) is 3.23. The maximum atomic E-state index is 9.40. The van der Waals surface area contributed by atoms with E-state index in [0.29, 0.717) is 6.42 Å². The van der Waals surface area contributed by atoms with Crippen molar-refractivity contribution in [2.24, 2.45) is 0 Å². The molecule has 0 spiro atoms. The summed E-state index contributed by atoms with van der Waals surface area (Å²) in [6.45, 7) is 0. The van der Waals surface area contributed by atoms with Crippen LogP contribution in [0.3, 0.4) is 0 Å². The normalized spacial score (nSPS) is 13.7. The van der Waals surface area contributed by atoms with Gasteiger partial charge in [-0.2, -0.15) is 0 Å². The number of esters is 1. The Morgan fingerprint density at radius 1 is 1.25 bits per heavy atom. The first-order valence-electron chi connectivity index (χ1n) is 5.10. The highest BCUT2D eigenvalue weighted by atomic mass is 16.5. The Bertz CT molecular complexity index is 587. The Labute approximate surface area is 92.6 Å². The molecule has 0 radical (unpaired) electrons. The molecular formula is C13H11O3+. The fourth-order valence-corrected chi connectivity index (χ4v) is 2.06. The average Bonchev–Trinajstić information content (AvgIpc) is 2.69. The molecule has 16 heavy (non-hydrogen) atoms. The maximum absolute atomic E-state index is 9.40. The van der Waals surface area contributed by atoms with Crippen molar-refractivity contribution < 1.29 is 14.3 Å². The van der Waals surface area contributed by atoms with Crippen LogP contribution in [0.25, 0.3) is 10.8 Å². The Kier molecular flexibility index (Phi) is 1.86. The van der Waals surface area contributed by atoms with E-state index >= 15 is 0 Å². The minimum atomic E-state index is 0.0605. The van der Waals surface area contributed by atoms with E-state index in [1.54, 1.807) is 7.11 Å². The lowest BCUT2D eigenvalue weighted by Crippen LogP contribution is -2.01. The van der Waals surface area contributed by atoms with Crippen molar-refractivity contribution in [3.8, 4) is 11.5 Å². The molecule has 0 bridgehead atoms. The molecule has 80 valence electrons. The van der Waals surface area contributed by atoms with E-state index in [4.69, 9.17) is 9.47 Å². The number of benzene rings is 2. The van der Waals surface area contributed by atoms with Crippen molar-refractivity contribution in [3.05, 3.63) is 35.9 Å². The standard InChI is InChI=1S/C13H10O3/c1-15-9-4-2-8-3-5-12-11(10(8)6-9)7-13(14)16-12/h2-6H,7H2,1H3/p+1. The summed E-state index contributed by atoms with van der Waals surface area (Å²) in [5.41, 5.74) is 1.02. The zero-order chi connectivity index (χ0) is 11.1. The van der Waals surface area contributed by atoms with Gasteiger partial charge in [0.05, 0.1) is 12.7 Å². The van der Waals surface area contributed by atoms with Gasteiger partial charge in [0.25, 0.3) is 5.75 Å². The van der Waals surface area contributed by atoms with Crippen molar-refractivity contribution >= 4 is 16.7 Å². The van der Waals surface area contributed by atoms with Crippen molar-refractivity contribution in [2.75, 3.05) is 7.11 Å². The lowest BCUT2D eigenvalue weighted by atomic mass is 10.0. The van der Waals surface area contributed by atoms with Gasteiger partial charge in [0.15, 0.2) is 0 Å². The number of methoxy groups -OCH3 is 1. The zero-order valence-corrected chi connectivity index (χ0v) is 8.86. The summed E-state index contributed by atoms with van der Waals surface area (Å²) < 4.78 is 10.4. The van der Waals surface area contributed by atoms with Crippen LogP contribution < -0.4 is 9.47 Å². The third kappa shape index (κ3) is 1.25. The Balaban J connectivity index is 2.30. The zero-order valence-electron chi connectivity index (χ0n) is 8.86. The van der Waals surface area contributed by atoms with Gasteiger partial charge in [0.1, 0.15) is 12.2 Å². The SMILES string of the molecule is COc1ccc2ccc3c(c2c1)CC(=[OH+])O3. The molecule has 1 N–H and O–H groups in total. The summed E-state index contributed by atoms with van der Waals surface area (Å²) in [5.74, 6) is 1.61. The number of ether oxygens (including phenoxy) is 2. The van der Waals surface area contributed by atoms with E-state index in [2.05, 4.69) is 0 Å². The lowest BCUT2D eigenvalue weighted by molar-refractivity contribution is 0.415. The van der Waals surface area contributed by atoms with Crippen molar-refractivity contribution in [3.63, 3.8) is 0 Å². The number of hydrogen-bond donors (Lipinski definition) is 0. The van der Waals surface area contributed by atoms with Gasteiger partial charge in [-0.15, -0.1) is 0 Å². The van der Waals surface area contributed by atoms with Crippen LogP contribution >= 0.6 is 0 Å². The summed E-state index contributed by atoms with van der Waals surface area (Å²) in [6, 6.07) is 9.76. The van der Waals surface area contributed by atoms with Crippen LogP contribution in [-0.4, -0.2) is 17.9 Å². The first-order chi connectivity index (χ1) is 7.78. The molecule has 1 aliphatic rings. The second-order valence-corrected chi connectivity index (χ2v) is 3.80. The van der Waals surface area contributed by atoms with E-state index in [-0.39, 0.29) is 5.97 Å². The molecule has 3 nitrogen and oxygen atoms in total. The van der Waals surface area contributed by atoms with Crippen LogP contribution in [0.1, 0.15) is 5.56 Å². The first-order valence-corrected chi connectivity index (χ1v) is 5.10. The topological polar surface area (TPSA) is 39.9 Å². The van der Waals surface area contributed by atoms with Crippen LogP contribution in [-0.2, 0) is 6.42 Å². The average molecular weight is 215 g/mol. The molecule has 0 aliphatic carbocycles. The van der Waals surface area contributed by atoms with Gasteiger partial charge in [0.2, 0.25) is 0 Å². The third-order valence-electron chi connectivity index (χ3n) is 2.85. The van der Waals surface area contributed by atoms with Gasteiger partial charge >= 0.3 is 5.97 Å². The monoisotopic (exact) mass is 215 g/mol. The summed E-state index contributed by atoms with van der Waals surface area (Å²) >= 11 is 0. The molecule has 2 aromatic carbocycles. The first kappa shape index (κ1) is 9.21. The molecule has 0 aromatic heterocycles. The van der Waals surface area contributed by atoms with E-state index in [1.807, 2.05) is 30.3 Å². The van der Waals surface area contributed by atoms with Gasteiger partial charge < -0.3 is 9.53 Å². The summed E-state index contributed by atoms with van der Waals surface area (Å²) in [5, 5.41) is 2.19. The fraction of sp³-hybridized carbons (Fsp3) is 0.154. The van der Waals surface area contributed by atoms with Crippen LogP contribution in [0.4, 0.5) is 0 Å². The third-order valence-corrected chi connectivity index (χ3v) is 2.85. The molecular weight excluding hydrogens is 204 g/mol. The van der Waals surface area contributed by atoms with Crippen LogP contribution in [0.2, 0.25) is 0 Å². The van der Waals surface area contributed by atoms with Crippen LogP contribution in [0.5, 0.6) is 11.5 Å². The Hall–Kier alpha value is -2.03. The summed E-state index contributed by atoms with van der Waals surface area (Å²) in [4.78, 5) is 9.40. The van der Waals surface area contributed by atoms with Gasteiger partial charge in [0, 0.05) is 6.07 Å². The molecule has 1 heterocycles. The van der Waals surface area contributed by atoms with Crippen LogP contribution in [0.15, 0.2) is 30.3 Å². The van der Waals surface area contributed by atoms with Gasteiger partial charge in [-0.1, -0.05) is 6.07 Å². The Morgan fingerprint density at radius 3 is 2.88 bits per heavy atom. The summed E-state index contributed by atoms with van der Waals surface area (Å²) in [6.07, 6.45) is 0.458. The highest BCUT2D eigenvalue weighted by Crippen LogP contribution is 2.34. The molecule has 0 amide bonds. The molecule has 0 saturated carbocycles. The molecule has 0 saturated heterocycles. The lowest BCUT2D eigenvalue weighted by Gasteiger charge is -2.03. The van der Waals surface area contributed by atoms with Crippen LogP contribution in [0, 0.1) is 0 Å². The quantitative estimate of drug-likeness (QED) is 0.416. The van der Waals surface area contributed by atoms with E-state index < -0.39 is 0 Å². The minimum Gasteiger partial charge on any atom is -0.497 e. The smallest absolute Gasteiger partial charge is 0.493 e. The molecule has 0 atom stereocenters. The largest absolute Gasteiger partial charge is 0.497 e. The van der Waals surface area contributed by atoms with Gasteiger partial charge in [-0.25, -0.2) is 0 Å². The fourth-order valence-electron chi connectivity index (χ4n) is 2.06. The highest BCUT2D eigenvalue weighted by Gasteiger charge is 2.30. The second-order valence-electron chi connectivity index (χ2n) is 3.80. The summed E-state index contributed by atoms with van der Waals surface area (Å²) in [7, 11) is 1.64. The van der Waals surface area contributed by atoms with E-state index in [1.165, 1.54) is 0 Å². The predicted molar refractivity (Wildman–Crippen MR) is 61.8 cm³/mol. The van der Waals surface area contributed by atoms with Crippen molar-refractivity contribution in [2.45, 2.75) is 6.42 Å². The molecule has 0 fully saturated rings. The molecule has 1 aliphatic heterocycles. The van der Waals surface area contributed by atoms with E-state index in [9.17, 15) is 4.79 Å². The number of rotatable bonds is 1. The molecule has 0 unspecified atom stereocenters. The molecule has 3 rings (SSSR count). The van der Waals surface area contributed by atoms with Crippen molar-refractivity contribution in [1.82, 2.24) is 0 Å². The van der Waals surface area contributed by atoms with Gasteiger partial charge in [-0.3, -0.25) is 4.74 Å². The highest BCUT2D eigenvalue weighted by molar-refractivity contribution is 5.95. The number of carbonyl (C=O) groups excluding carboxylic acids is 1. The molecule has 3 heteroatoms. The number of fused-ring (bicyclic) bond motifs is 3.